The lowest BCUT2D eigenvalue weighted by Gasteiger charge is -2.40. The molecule has 122 valence electrons. The van der Waals surface area contributed by atoms with Crippen LogP contribution in [-0.2, 0) is 25.8 Å². The van der Waals surface area contributed by atoms with Gasteiger partial charge in [-0.15, -0.1) is 11.3 Å². The van der Waals surface area contributed by atoms with Crippen molar-refractivity contribution >= 4 is 11.3 Å². The van der Waals surface area contributed by atoms with E-state index in [2.05, 4.69) is 24.0 Å². The first-order valence-electron chi connectivity index (χ1n) is 8.44. The number of nitrogens with zero attached hydrogens (tertiary/aromatic N) is 1. The maximum atomic E-state index is 10.0. The minimum atomic E-state index is 0.253. The zero-order valence-electron chi connectivity index (χ0n) is 13.8. The number of aromatic hydroxyl groups is 1. The molecule has 1 aromatic carbocycles. The van der Waals surface area contributed by atoms with Crippen LogP contribution >= 0.6 is 11.3 Å². The van der Waals surface area contributed by atoms with Crippen LogP contribution in [0.4, 0.5) is 0 Å². The standard InChI is InChI=1S/C19H23NO2S/c1-3-4-13-10-14-16-9-12-5-6-17(21)19(22-2)15(12)11-20(16)8-7-18(14)23-13/h5-6,10,16,21H,3-4,7-9,11H2,1-2H3. The van der Waals surface area contributed by atoms with Gasteiger partial charge >= 0.3 is 0 Å². The first kappa shape index (κ1) is 15.0. The van der Waals surface area contributed by atoms with Gasteiger partial charge in [0.05, 0.1) is 7.11 Å². The van der Waals surface area contributed by atoms with Crippen LogP contribution in [0.15, 0.2) is 18.2 Å². The predicted octanol–water partition coefficient (Wildman–Crippen LogP) is 4.07. The molecule has 1 unspecified atom stereocenters. The fraction of sp³-hybridized carbons (Fsp3) is 0.474. The minimum Gasteiger partial charge on any atom is -0.504 e. The van der Waals surface area contributed by atoms with Crippen LogP contribution in [0.5, 0.6) is 11.5 Å². The second-order valence-electron chi connectivity index (χ2n) is 6.54. The van der Waals surface area contributed by atoms with Crippen molar-refractivity contribution in [2.75, 3.05) is 13.7 Å². The zero-order chi connectivity index (χ0) is 16.0. The van der Waals surface area contributed by atoms with Gasteiger partial charge in [-0.2, -0.15) is 0 Å². The first-order chi connectivity index (χ1) is 11.2. The molecule has 2 aliphatic rings. The summed E-state index contributed by atoms with van der Waals surface area (Å²) < 4.78 is 5.45. The number of ether oxygens (including phenoxy) is 1. The summed E-state index contributed by atoms with van der Waals surface area (Å²) in [6.45, 7) is 4.22. The Kier molecular flexibility index (Phi) is 3.82. The first-order valence-corrected chi connectivity index (χ1v) is 9.26. The lowest BCUT2D eigenvalue weighted by atomic mass is 9.86. The van der Waals surface area contributed by atoms with Crippen LogP contribution in [0.2, 0.25) is 0 Å². The van der Waals surface area contributed by atoms with E-state index in [9.17, 15) is 5.11 Å². The monoisotopic (exact) mass is 329 g/mol. The van der Waals surface area contributed by atoms with E-state index in [0.29, 0.717) is 11.8 Å². The topological polar surface area (TPSA) is 32.7 Å². The zero-order valence-corrected chi connectivity index (χ0v) is 14.6. The highest BCUT2D eigenvalue weighted by atomic mass is 32.1. The molecule has 2 aromatic rings. The number of hydrogen-bond acceptors (Lipinski definition) is 4. The molecule has 4 heteroatoms. The normalized spacial score (nSPS) is 19.8. The van der Waals surface area contributed by atoms with Gasteiger partial charge < -0.3 is 9.84 Å². The van der Waals surface area contributed by atoms with Gasteiger partial charge in [0.1, 0.15) is 0 Å². The quantitative estimate of drug-likeness (QED) is 0.921. The van der Waals surface area contributed by atoms with E-state index in [-0.39, 0.29) is 5.75 Å². The molecule has 3 heterocycles. The molecule has 0 saturated heterocycles. The molecule has 0 saturated carbocycles. The molecule has 1 N–H and O–H groups in total. The van der Waals surface area contributed by atoms with Crippen LogP contribution in [0, 0.1) is 0 Å². The van der Waals surface area contributed by atoms with Gasteiger partial charge in [-0.05, 0) is 42.5 Å². The van der Waals surface area contributed by atoms with Gasteiger partial charge in [-0.25, -0.2) is 0 Å². The highest BCUT2D eigenvalue weighted by molar-refractivity contribution is 7.12. The molecule has 4 rings (SSSR count). The maximum Gasteiger partial charge on any atom is 0.165 e. The summed E-state index contributed by atoms with van der Waals surface area (Å²) in [6.07, 6.45) is 4.58. The molecule has 3 nitrogen and oxygen atoms in total. The van der Waals surface area contributed by atoms with Crippen molar-refractivity contribution in [2.45, 2.75) is 45.2 Å². The van der Waals surface area contributed by atoms with E-state index in [1.54, 1.807) is 23.6 Å². The van der Waals surface area contributed by atoms with E-state index < -0.39 is 0 Å². The number of phenolic OH excluding ortho intramolecular Hbond substituents is 1. The fourth-order valence-electron chi connectivity index (χ4n) is 4.03. The van der Waals surface area contributed by atoms with Gasteiger partial charge in [0.15, 0.2) is 11.5 Å². The number of fused-ring (bicyclic) bond motifs is 4. The van der Waals surface area contributed by atoms with Crippen LogP contribution in [-0.4, -0.2) is 23.7 Å². The summed E-state index contributed by atoms with van der Waals surface area (Å²) in [5, 5.41) is 10.0. The van der Waals surface area contributed by atoms with Crippen LogP contribution in [0.25, 0.3) is 0 Å². The third-order valence-corrected chi connectivity index (χ3v) is 6.40. The van der Waals surface area contributed by atoms with Crippen molar-refractivity contribution < 1.29 is 9.84 Å². The smallest absolute Gasteiger partial charge is 0.165 e. The lowest BCUT2D eigenvalue weighted by Crippen LogP contribution is -2.38. The summed E-state index contributed by atoms with van der Waals surface area (Å²) in [6, 6.07) is 6.77. The van der Waals surface area contributed by atoms with Gasteiger partial charge in [0.25, 0.3) is 0 Å². The Morgan fingerprint density at radius 1 is 1.39 bits per heavy atom. The molecule has 1 atom stereocenters. The van der Waals surface area contributed by atoms with E-state index in [4.69, 9.17) is 4.74 Å². The van der Waals surface area contributed by atoms with Crippen molar-refractivity contribution in [3.63, 3.8) is 0 Å². The van der Waals surface area contributed by atoms with E-state index in [1.807, 2.05) is 11.3 Å². The Morgan fingerprint density at radius 3 is 3.04 bits per heavy atom. The van der Waals surface area contributed by atoms with Gasteiger partial charge in [-0.1, -0.05) is 19.4 Å². The van der Waals surface area contributed by atoms with Crippen molar-refractivity contribution in [3.05, 3.63) is 44.6 Å². The SMILES string of the molecule is CCCc1cc2c(s1)CCN1Cc3c(ccc(O)c3OC)CC21. The number of hydrogen-bond donors (Lipinski definition) is 1. The number of rotatable bonds is 3. The molecular weight excluding hydrogens is 306 g/mol. The van der Waals surface area contributed by atoms with E-state index >= 15 is 0 Å². The fourth-order valence-corrected chi connectivity index (χ4v) is 5.35. The average Bonchev–Trinajstić information content (AvgIpc) is 2.96. The second-order valence-corrected chi connectivity index (χ2v) is 7.76. The third-order valence-electron chi connectivity index (χ3n) is 5.13. The molecule has 0 aliphatic carbocycles. The molecular formula is C19H23NO2S. The van der Waals surface area contributed by atoms with Crippen LogP contribution in [0.3, 0.4) is 0 Å². The Balaban J connectivity index is 1.72. The summed E-state index contributed by atoms with van der Waals surface area (Å²) in [4.78, 5) is 5.67. The largest absolute Gasteiger partial charge is 0.504 e. The molecule has 0 amide bonds. The highest BCUT2D eigenvalue weighted by Crippen LogP contribution is 2.45. The Hall–Kier alpha value is -1.52. The van der Waals surface area contributed by atoms with Crippen molar-refractivity contribution in [2.24, 2.45) is 0 Å². The number of benzene rings is 1. The van der Waals surface area contributed by atoms with Crippen LogP contribution in [0.1, 0.15) is 45.8 Å². The maximum absolute atomic E-state index is 10.0. The van der Waals surface area contributed by atoms with Gasteiger partial charge in [-0.3, -0.25) is 4.90 Å². The predicted molar refractivity (Wildman–Crippen MR) is 93.5 cm³/mol. The molecule has 0 fully saturated rings. The summed E-state index contributed by atoms with van der Waals surface area (Å²) >= 11 is 2.02. The Labute approximate surface area is 141 Å². The molecule has 2 aliphatic heterocycles. The van der Waals surface area contributed by atoms with E-state index in [1.165, 1.54) is 23.3 Å². The molecule has 1 aromatic heterocycles. The summed E-state index contributed by atoms with van der Waals surface area (Å²) in [5.41, 5.74) is 4.02. The molecule has 0 radical (unpaired) electrons. The molecule has 23 heavy (non-hydrogen) atoms. The van der Waals surface area contributed by atoms with Crippen molar-refractivity contribution in [3.8, 4) is 11.5 Å². The number of aryl methyl sites for hydroxylation is 1. The van der Waals surface area contributed by atoms with Crippen LogP contribution < -0.4 is 4.74 Å². The van der Waals surface area contributed by atoms with Crippen molar-refractivity contribution in [1.82, 2.24) is 4.90 Å². The number of phenols is 1. The second kappa shape index (κ2) is 5.84. The lowest BCUT2D eigenvalue weighted by molar-refractivity contribution is 0.159. The highest BCUT2D eigenvalue weighted by Gasteiger charge is 2.34. The Bertz CT molecular complexity index is 737. The van der Waals surface area contributed by atoms with Gasteiger partial charge in [0, 0.05) is 34.4 Å². The average molecular weight is 329 g/mol. The molecule has 0 bridgehead atoms. The summed E-state index contributed by atoms with van der Waals surface area (Å²) in [7, 11) is 1.64. The van der Waals surface area contributed by atoms with Crippen molar-refractivity contribution in [1.29, 1.82) is 0 Å². The third kappa shape index (κ3) is 2.45. The van der Waals surface area contributed by atoms with Gasteiger partial charge in [0.2, 0.25) is 0 Å². The Morgan fingerprint density at radius 2 is 2.26 bits per heavy atom. The number of thiophene rings is 1. The molecule has 0 spiro atoms. The minimum absolute atomic E-state index is 0.253. The number of methoxy groups -OCH3 is 1. The van der Waals surface area contributed by atoms with E-state index in [0.717, 1.165) is 31.5 Å². The summed E-state index contributed by atoms with van der Waals surface area (Å²) in [5.74, 6) is 0.909.